The number of hydrogen-bond acceptors (Lipinski definition) is 6. The quantitative estimate of drug-likeness (QED) is 0.134. The van der Waals surface area contributed by atoms with Crippen molar-refractivity contribution in [1.82, 2.24) is 0 Å². The molecule has 0 unspecified atom stereocenters. The zero-order valence-electron chi connectivity index (χ0n) is 24.4. The molecule has 1 aromatic rings. The Morgan fingerprint density at radius 2 is 1.60 bits per heavy atom. The summed E-state index contributed by atoms with van der Waals surface area (Å²) in [6.45, 7) is 11.8. The van der Waals surface area contributed by atoms with E-state index in [9.17, 15) is 2.74 Å². The molecule has 2 atom stereocenters. The van der Waals surface area contributed by atoms with Gasteiger partial charge in [0.2, 0.25) is 0 Å². The average molecular weight is 493 g/mol. The largest absolute Gasteiger partial charge is 0.467 e. The summed E-state index contributed by atoms with van der Waals surface area (Å²) in [5.41, 5.74) is 3.22. The van der Waals surface area contributed by atoms with E-state index in [-0.39, 0.29) is 13.6 Å². The first-order valence-corrected chi connectivity index (χ1v) is 12.6. The Labute approximate surface area is 215 Å². The second kappa shape index (κ2) is 16.7. The van der Waals surface area contributed by atoms with Crippen molar-refractivity contribution in [3.63, 3.8) is 0 Å². The van der Waals surface area contributed by atoms with Gasteiger partial charge in [-0.25, -0.2) is 0 Å². The van der Waals surface area contributed by atoms with Crippen LogP contribution in [0.5, 0.6) is 11.5 Å². The van der Waals surface area contributed by atoms with Crippen LogP contribution in [0.3, 0.4) is 0 Å². The summed E-state index contributed by atoms with van der Waals surface area (Å²) >= 11 is 0. The van der Waals surface area contributed by atoms with Gasteiger partial charge in [0.15, 0.2) is 13.6 Å². The molecular weight excluding hydrogens is 444 g/mol. The highest BCUT2D eigenvalue weighted by Gasteiger charge is 2.31. The van der Waals surface area contributed by atoms with Crippen LogP contribution >= 0.6 is 0 Å². The van der Waals surface area contributed by atoms with Crippen LogP contribution in [-0.2, 0) is 25.4 Å². The second-order valence-electron chi connectivity index (χ2n) is 8.91. The van der Waals surface area contributed by atoms with Gasteiger partial charge in [-0.2, -0.15) is 0 Å². The van der Waals surface area contributed by atoms with Crippen molar-refractivity contribution >= 4 is 0 Å². The standard InChI is InChI=1S/C29H46O6/c1-7-8-9-10-24-18-27(34-20-32-15-13-30-5)29(28(19-24)35-21-33-16-14-31-6)26-17-23(4)11-12-25(26)22(2)3/h17-19,25-26H,2,7-16,20-21H2,1,3-6H3/t25-,26+/m0/s1/i25D,26D. The summed E-state index contributed by atoms with van der Waals surface area (Å²) in [4.78, 5) is 0. The van der Waals surface area contributed by atoms with Crippen LogP contribution < -0.4 is 9.47 Å². The highest BCUT2D eigenvalue weighted by molar-refractivity contribution is 5.53. The van der Waals surface area contributed by atoms with Crippen molar-refractivity contribution in [2.75, 3.05) is 54.2 Å². The fourth-order valence-electron chi connectivity index (χ4n) is 4.00. The summed E-state index contributed by atoms with van der Waals surface area (Å²) in [6, 6.07) is 3.94. The van der Waals surface area contributed by atoms with E-state index < -0.39 is 11.8 Å². The van der Waals surface area contributed by atoms with E-state index in [1.54, 1.807) is 14.2 Å². The van der Waals surface area contributed by atoms with Crippen LogP contribution in [-0.4, -0.2) is 54.2 Å². The predicted octanol–water partition coefficient (Wildman–Crippen LogP) is 6.43. The minimum absolute atomic E-state index is 0.00456. The van der Waals surface area contributed by atoms with Gasteiger partial charge in [0.1, 0.15) is 11.5 Å². The lowest BCUT2D eigenvalue weighted by molar-refractivity contribution is -0.0128. The number of unbranched alkanes of at least 4 members (excludes halogenated alkanes) is 2. The van der Waals surface area contributed by atoms with E-state index in [1.165, 1.54) is 0 Å². The Morgan fingerprint density at radius 1 is 1.00 bits per heavy atom. The van der Waals surface area contributed by atoms with Crippen LogP contribution in [0.25, 0.3) is 0 Å². The molecule has 198 valence electrons. The molecule has 1 aromatic carbocycles. The molecule has 6 nitrogen and oxygen atoms in total. The summed E-state index contributed by atoms with van der Waals surface area (Å²) < 4.78 is 52.9. The number of benzene rings is 1. The van der Waals surface area contributed by atoms with Crippen molar-refractivity contribution in [3.05, 3.63) is 47.1 Å². The van der Waals surface area contributed by atoms with E-state index in [0.717, 1.165) is 43.2 Å². The van der Waals surface area contributed by atoms with Crippen LogP contribution in [0.4, 0.5) is 0 Å². The number of ether oxygens (including phenoxy) is 6. The molecule has 0 N–H and O–H groups in total. The normalized spacial score (nSPS) is 22.8. The Bertz CT molecular complexity index is 854. The van der Waals surface area contributed by atoms with Crippen molar-refractivity contribution in [3.8, 4) is 11.5 Å². The molecule has 0 amide bonds. The molecule has 0 fully saturated rings. The van der Waals surface area contributed by atoms with Gasteiger partial charge < -0.3 is 28.4 Å². The summed E-state index contributed by atoms with van der Waals surface area (Å²) in [6.07, 6.45) is 7.20. The molecule has 0 heterocycles. The van der Waals surface area contributed by atoms with Crippen molar-refractivity contribution in [2.24, 2.45) is 5.89 Å². The highest BCUT2D eigenvalue weighted by atomic mass is 16.7. The molecule has 1 aliphatic carbocycles. The van der Waals surface area contributed by atoms with E-state index in [2.05, 4.69) is 13.5 Å². The lowest BCUT2D eigenvalue weighted by Gasteiger charge is -2.33. The predicted molar refractivity (Wildman–Crippen MR) is 140 cm³/mol. The molecule has 0 aliphatic heterocycles. The van der Waals surface area contributed by atoms with E-state index in [1.807, 2.05) is 32.1 Å². The average Bonchev–Trinajstić information content (AvgIpc) is 2.86. The van der Waals surface area contributed by atoms with Crippen LogP contribution in [0.15, 0.2) is 35.9 Å². The topological polar surface area (TPSA) is 55.4 Å². The SMILES string of the molecule is [2H][C@@]1(C(=C)C)CCC(C)=C[C@@]1([2H])c1c(OCOCCOC)cc(CCCCC)cc1OCOCCOC. The minimum Gasteiger partial charge on any atom is -0.467 e. The van der Waals surface area contributed by atoms with Gasteiger partial charge in [-0.15, -0.1) is 0 Å². The van der Waals surface area contributed by atoms with E-state index in [4.69, 9.17) is 28.4 Å². The van der Waals surface area contributed by atoms with Gasteiger partial charge in [-0.1, -0.05) is 43.6 Å². The summed E-state index contributed by atoms with van der Waals surface area (Å²) in [7, 11) is 3.24. The van der Waals surface area contributed by atoms with Crippen LogP contribution in [0.2, 0.25) is 0 Å². The Hall–Kier alpha value is -1.86. The lowest BCUT2D eigenvalue weighted by Crippen LogP contribution is -2.20. The third-order valence-electron chi connectivity index (χ3n) is 5.92. The third kappa shape index (κ3) is 9.96. The summed E-state index contributed by atoms with van der Waals surface area (Å²) in [5.74, 6) is -1.78. The van der Waals surface area contributed by atoms with Crippen molar-refractivity contribution in [1.29, 1.82) is 0 Å². The van der Waals surface area contributed by atoms with Gasteiger partial charge >= 0.3 is 0 Å². The molecule has 1 aliphatic rings. The Balaban J connectivity index is 2.60. The Kier molecular flexibility index (Phi) is 12.5. The monoisotopic (exact) mass is 492 g/mol. The van der Waals surface area contributed by atoms with Gasteiger partial charge in [0.25, 0.3) is 0 Å². The maximum absolute atomic E-state index is 9.78. The molecule has 0 spiro atoms. The van der Waals surface area contributed by atoms with Gasteiger partial charge in [-0.05, 0) is 63.1 Å². The molecule has 6 heteroatoms. The zero-order chi connectivity index (χ0) is 27.3. The number of allylic oxidation sites excluding steroid dienone is 3. The first-order valence-electron chi connectivity index (χ1n) is 13.6. The zero-order valence-corrected chi connectivity index (χ0v) is 22.4. The lowest BCUT2D eigenvalue weighted by atomic mass is 9.73. The molecule has 35 heavy (non-hydrogen) atoms. The maximum Gasteiger partial charge on any atom is 0.189 e. The number of rotatable bonds is 18. The smallest absolute Gasteiger partial charge is 0.189 e. The molecule has 0 saturated carbocycles. The minimum atomic E-state index is -1.48. The molecular formula is C29H46O6. The van der Waals surface area contributed by atoms with Crippen LogP contribution in [0, 0.1) is 5.89 Å². The fourth-order valence-corrected chi connectivity index (χ4v) is 4.00. The molecule has 0 aromatic heterocycles. The highest BCUT2D eigenvalue weighted by Crippen LogP contribution is 2.47. The molecule has 0 saturated heterocycles. The fraction of sp³-hybridized carbons (Fsp3) is 0.655. The number of hydrogen-bond donors (Lipinski definition) is 0. The Morgan fingerprint density at radius 3 is 2.11 bits per heavy atom. The van der Waals surface area contributed by atoms with Crippen LogP contribution in [0.1, 0.15) is 72.6 Å². The number of aryl methyl sites for hydroxylation is 1. The summed E-state index contributed by atoms with van der Waals surface area (Å²) in [5, 5.41) is 0. The van der Waals surface area contributed by atoms with E-state index in [0.29, 0.717) is 55.5 Å². The third-order valence-corrected chi connectivity index (χ3v) is 5.92. The first-order chi connectivity index (χ1) is 17.7. The van der Waals surface area contributed by atoms with Crippen molar-refractivity contribution < 1.29 is 31.2 Å². The van der Waals surface area contributed by atoms with E-state index >= 15 is 0 Å². The molecule has 2 rings (SSSR count). The van der Waals surface area contributed by atoms with Crippen molar-refractivity contribution in [2.45, 2.75) is 65.2 Å². The second-order valence-corrected chi connectivity index (χ2v) is 8.91. The maximum atomic E-state index is 9.78. The molecule has 0 bridgehead atoms. The van der Waals surface area contributed by atoms with Gasteiger partial charge in [0, 0.05) is 28.4 Å². The first kappa shape index (κ1) is 26.2. The molecule has 0 radical (unpaired) electrons. The van der Waals surface area contributed by atoms with Gasteiger partial charge in [0.05, 0.1) is 26.4 Å². The number of methoxy groups -OCH3 is 2. The van der Waals surface area contributed by atoms with Gasteiger partial charge in [-0.3, -0.25) is 0 Å².